The third-order valence-corrected chi connectivity index (χ3v) is 5.32. The zero-order valence-corrected chi connectivity index (χ0v) is 19.0. The van der Waals surface area contributed by atoms with Gasteiger partial charge in [0.05, 0.1) is 11.1 Å². The number of aliphatic carboxylic acids is 2. The number of H-pyrrole nitrogens is 1. The van der Waals surface area contributed by atoms with Crippen LogP contribution < -0.4 is 9.80 Å². The van der Waals surface area contributed by atoms with E-state index in [-0.39, 0.29) is 0 Å². The van der Waals surface area contributed by atoms with E-state index in [1.54, 1.807) is 0 Å². The molecule has 3 N–H and O–H groups in total. The average molecular weight is 513 g/mol. The van der Waals surface area contributed by atoms with Gasteiger partial charge in [0, 0.05) is 43.0 Å². The molecule has 0 aliphatic carbocycles. The molecule has 0 amide bonds. The van der Waals surface area contributed by atoms with Crippen LogP contribution >= 0.6 is 11.6 Å². The van der Waals surface area contributed by atoms with E-state index in [1.165, 1.54) is 18.0 Å². The van der Waals surface area contributed by atoms with Gasteiger partial charge in [0.25, 0.3) is 0 Å². The molecule has 3 aromatic rings. The third-order valence-electron chi connectivity index (χ3n) is 5.08. The van der Waals surface area contributed by atoms with Crippen molar-refractivity contribution in [3.63, 3.8) is 0 Å². The number of rotatable bonds is 4. The maximum atomic E-state index is 10.9. The van der Waals surface area contributed by atoms with E-state index in [2.05, 4.69) is 36.9 Å². The Morgan fingerprint density at radius 3 is 2.34 bits per heavy atom. The van der Waals surface area contributed by atoms with Gasteiger partial charge in [-0.15, -0.1) is 0 Å². The third kappa shape index (κ3) is 6.38. The number of hydrogen-bond acceptors (Lipinski definition) is 7. The maximum absolute atomic E-state index is 10.9. The van der Waals surface area contributed by atoms with E-state index in [4.69, 9.17) is 26.6 Å². The van der Waals surface area contributed by atoms with Crippen molar-refractivity contribution in [3.8, 4) is 0 Å². The summed E-state index contributed by atoms with van der Waals surface area (Å²) in [4.78, 5) is 32.9. The van der Waals surface area contributed by atoms with Crippen molar-refractivity contribution in [2.75, 3.05) is 36.0 Å². The Morgan fingerprint density at radius 2 is 1.74 bits per heavy atom. The van der Waals surface area contributed by atoms with Gasteiger partial charge in [-0.05, 0) is 30.7 Å². The van der Waals surface area contributed by atoms with E-state index in [1.807, 2.05) is 18.2 Å². The zero-order valence-electron chi connectivity index (χ0n) is 18.3. The molecule has 35 heavy (non-hydrogen) atoms. The molecule has 10 nitrogen and oxygen atoms in total. The van der Waals surface area contributed by atoms with Crippen molar-refractivity contribution < 1.29 is 33.0 Å². The highest BCUT2D eigenvalue weighted by Gasteiger charge is 2.38. The normalized spacial score (nSPS) is 14.2. The average Bonchev–Trinajstić information content (AvgIpc) is 3.22. The van der Waals surface area contributed by atoms with Crippen molar-refractivity contribution in [2.45, 2.75) is 13.1 Å². The summed E-state index contributed by atoms with van der Waals surface area (Å²) in [5.41, 5.74) is 3.44. The first kappa shape index (κ1) is 25.7. The Hall–Kier alpha value is -3.87. The number of anilines is 2. The molecule has 1 fully saturated rings. The van der Waals surface area contributed by atoms with Gasteiger partial charge in [-0.2, -0.15) is 18.3 Å². The van der Waals surface area contributed by atoms with Gasteiger partial charge in [0.15, 0.2) is 5.65 Å². The fourth-order valence-corrected chi connectivity index (χ4v) is 3.63. The molecular weight excluding hydrogens is 493 g/mol. The first-order valence-corrected chi connectivity index (χ1v) is 10.5. The number of halogens is 4. The lowest BCUT2D eigenvalue weighted by atomic mass is 10.1. The van der Waals surface area contributed by atoms with Gasteiger partial charge >= 0.3 is 18.1 Å². The fourth-order valence-electron chi connectivity index (χ4n) is 3.46. The first-order valence-electron chi connectivity index (χ1n) is 10.1. The van der Waals surface area contributed by atoms with Gasteiger partial charge in [0.2, 0.25) is 0 Å². The summed E-state index contributed by atoms with van der Waals surface area (Å²) in [6.45, 7) is 5.27. The standard InChI is InChI=1S/C19H19ClN6O2.C2HF3O2/c1-12-2-3-13(20)10-15(12)25-6-8-26(9-7-25)19-17-14(4-5-16(27)28)23-24-18(17)21-11-22-19;3-2(4,5)1(6)7/h2-5,10-11H,6-9H2,1H3,(H,27,28)(H,21,22,23,24);(H,6,7). The van der Waals surface area contributed by atoms with E-state index < -0.39 is 18.1 Å². The number of carbonyl (C=O) groups is 2. The summed E-state index contributed by atoms with van der Waals surface area (Å²) in [6.07, 6.45) is -1.07. The smallest absolute Gasteiger partial charge is 0.478 e. The second kappa shape index (κ2) is 10.6. The lowest BCUT2D eigenvalue weighted by molar-refractivity contribution is -0.192. The molecule has 0 bridgehead atoms. The highest BCUT2D eigenvalue weighted by molar-refractivity contribution is 6.30. The molecule has 4 rings (SSSR count). The number of aryl methyl sites for hydroxylation is 1. The lowest BCUT2D eigenvalue weighted by Crippen LogP contribution is -2.47. The number of hydrogen-bond donors (Lipinski definition) is 3. The predicted molar refractivity (Wildman–Crippen MR) is 123 cm³/mol. The molecule has 1 aliphatic heterocycles. The monoisotopic (exact) mass is 512 g/mol. The Balaban J connectivity index is 0.000000429. The quantitative estimate of drug-likeness (QED) is 0.449. The number of nitrogens with zero attached hydrogens (tertiary/aromatic N) is 5. The van der Waals surface area contributed by atoms with Crippen LogP contribution in [0.25, 0.3) is 17.1 Å². The highest BCUT2D eigenvalue weighted by atomic mass is 35.5. The largest absolute Gasteiger partial charge is 0.490 e. The van der Waals surface area contributed by atoms with Crippen molar-refractivity contribution in [2.24, 2.45) is 0 Å². The summed E-state index contributed by atoms with van der Waals surface area (Å²) in [7, 11) is 0. The lowest BCUT2D eigenvalue weighted by Gasteiger charge is -2.37. The number of carboxylic acid groups (broad SMARTS) is 2. The van der Waals surface area contributed by atoms with Crippen molar-refractivity contribution in [1.82, 2.24) is 20.2 Å². The summed E-state index contributed by atoms with van der Waals surface area (Å²) < 4.78 is 31.7. The molecule has 3 heterocycles. The van der Waals surface area contributed by atoms with Crippen molar-refractivity contribution in [1.29, 1.82) is 0 Å². The van der Waals surface area contributed by atoms with Gasteiger partial charge in [-0.25, -0.2) is 19.6 Å². The molecule has 0 radical (unpaired) electrons. The summed E-state index contributed by atoms with van der Waals surface area (Å²) in [5, 5.41) is 24.5. The van der Waals surface area contributed by atoms with Crippen LogP contribution in [0.15, 0.2) is 30.6 Å². The number of alkyl halides is 3. The minimum absolute atomic E-state index is 0.515. The summed E-state index contributed by atoms with van der Waals surface area (Å²) in [5.74, 6) is -3.03. The van der Waals surface area contributed by atoms with Gasteiger partial charge in [-0.3, -0.25) is 5.10 Å². The maximum Gasteiger partial charge on any atom is 0.490 e. The van der Waals surface area contributed by atoms with Gasteiger partial charge in [0.1, 0.15) is 12.1 Å². The van der Waals surface area contributed by atoms with Crippen LogP contribution in [0.5, 0.6) is 0 Å². The second-order valence-electron chi connectivity index (χ2n) is 7.41. The van der Waals surface area contributed by atoms with Crippen molar-refractivity contribution in [3.05, 3.63) is 46.9 Å². The molecule has 0 spiro atoms. The molecule has 2 aromatic heterocycles. The number of aromatic nitrogens is 4. The number of carboxylic acids is 2. The molecule has 0 saturated carbocycles. The minimum Gasteiger partial charge on any atom is -0.478 e. The van der Waals surface area contributed by atoms with Gasteiger partial charge in [-0.1, -0.05) is 17.7 Å². The fraction of sp³-hybridized carbons (Fsp3) is 0.286. The Morgan fingerprint density at radius 1 is 1.11 bits per heavy atom. The number of nitrogens with one attached hydrogen (secondary N) is 1. The van der Waals surface area contributed by atoms with Crippen LogP contribution in [0.4, 0.5) is 24.7 Å². The van der Waals surface area contributed by atoms with E-state index in [0.29, 0.717) is 11.3 Å². The second-order valence-corrected chi connectivity index (χ2v) is 7.85. The number of fused-ring (bicyclic) bond motifs is 1. The molecule has 0 unspecified atom stereocenters. The number of aromatic amines is 1. The topological polar surface area (TPSA) is 136 Å². The molecule has 186 valence electrons. The Labute approximate surface area is 201 Å². The van der Waals surface area contributed by atoms with Crippen LogP contribution in [0.3, 0.4) is 0 Å². The SMILES string of the molecule is Cc1ccc(Cl)cc1N1CCN(c2ncnc3[nH]nc(C=CC(=O)O)c23)CC1.O=C(O)C(F)(F)F. The molecule has 1 aliphatic rings. The van der Waals surface area contributed by atoms with Crippen molar-refractivity contribution >= 4 is 52.2 Å². The Kier molecular flexibility index (Phi) is 7.79. The summed E-state index contributed by atoms with van der Waals surface area (Å²) in [6, 6.07) is 5.93. The van der Waals surface area contributed by atoms with Crippen LogP contribution in [0, 0.1) is 6.92 Å². The Bertz CT molecular complexity index is 1260. The summed E-state index contributed by atoms with van der Waals surface area (Å²) >= 11 is 6.17. The highest BCUT2D eigenvalue weighted by Crippen LogP contribution is 2.29. The van der Waals surface area contributed by atoms with E-state index in [0.717, 1.165) is 54.2 Å². The van der Waals surface area contributed by atoms with Crippen LogP contribution in [-0.4, -0.2) is 74.7 Å². The molecule has 14 heteroatoms. The molecule has 1 saturated heterocycles. The predicted octanol–water partition coefficient (Wildman–Crippen LogP) is 3.37. The number of piperazine rings is 1. The first-order chi connectivity index (χ1) is 16.5. The molecular formula is C21H20ClF3N6O4. The van der Waals surface area contributed by atoms with Gasteiger partial charge < -0.3 is 20.0 Å². The molecule has 1 aromatic carbocycles. The van der Waals surface area contributed by atoms with Crippen LogP contribution in [-0.2, 0) is 9.59 Å². The number of benzene rings is 1. The van der Waals surface area contributed by atoms with Crippen LogP contribution in [0.2, 0.25) is 5.02 Å². The molecule has 0 atom stereocenters. The van der Waals surface area contributed by atoms with E-state index >= 15 is 0 Å². The van der Waals surface area contributed by atoms with E-state index in [9.17, 15) is 18.0 Å². The minimum atomic E-state index is -5.08. The van der Waals surface area contributed by atoms with Crippen LogP contribution in [0.1, 0.15) is 11.3 Å². The zero-order chi connectivity index (χ0) is 25.8.